The number of allylic oxidation sites excluding steroid dienone is 2. The van der Waals surface area contributed by atoms with Gasteiger partial charge in [0.1, 0.15) is 0 Å². The predicted molar refractivity (Wildman–Crippen MR) is 55.4 cm³/mol. The summed E-state index contributed by atoms with van der Waals surface area (Å²) in [5.74, 6) is -0.0102. The van der Waals surface area contributed by atoms with Crippen molar-refractivity contribution >= 4 is 5.97 Å². The lowest BCUT2D eigenvalue weighted by atomic mass is 9.93. The number of carbonyl (C=O) groups excluding carboxylic acids is 1. The van der Waals surface area contributed by atoms with Crippen molar-refractivity contribution in [2.45, 2.75) is 27.2 Å². The minimum Gasteiger partial charge on any atom is -0.463 e. The average Bonchev–Trinajstić information content (AvgIpc) is 2.17. The molecule has 14 heavy (non-hydrogen) atoms. The van der Waals surface area contributed by atoms with Crippen LogP contribution >= 0.6 is 0 Å². The maximum Gasteiger partial charge on any atom is 0.336 e. The van der Waals surface area contributed by atoms with Crippen LogP contribution < -0.4 is 5.32 Å². The molecule has 0 radical (unpaired) electrons. The van der Waals surface area contributed by atoms with Gasteiger partial charge in [0.2, 0.25) is 0 Å². The van der Waals surface area contributed by atoms with E-state index >= 15 is 0 Å². The van der Waals surface area contributed by atoms with Gasteiger partial charge in [0.25, 0.3) is 0 Å². The van der Waals surface area contributed by atoms with Crippen LogP contribution in [0.3, 0.4) is 0 Å². The van der Waals surface area contributed by atoms with Crippen molar-refractivity contribution in [1.82, 2.24) is 5.32 Å². The van der Waals surface area contributed by atoms with E-state index in [9.17, 15) is 4.79 Å². The van der Waals surface area contributed by atoms with E-state index in [1.807, 2.05) is 26.1 Å². The second-order valence-electron chi connectivity index (χ2n) is 3.28. The van der Waals surface area contributed by atoms with Crippen LogP contribution in [0.1, 0.15) is 27.2 Å². The van der Waals surface area contributed by atoms with Gasteiger partial charge in [-0.25, -0.2) is 4.79 Å². The molecule has 0 spiro atoms. The fourth-order valence-electron chi connectivity index (χ4n) is 1.59. The first kappa shape index (κ1) is 10.8. The highest BCUT2D eigenvalue weighted by Gasteiger charge is 2.23. The van der Waals surface area contributed by atoms with Gasteiger partial charge in [-0.3, -0.25) is 0 Å². The predicted octanol–water partition coefficient (Wildman–Crippen LogP) is 1.97. The molecule has 1 aliphatic heterocycles. The standard InChI is InChI=1S/C11H17NO2/c1-4-9-6-7-12-8(3)10(9)11(13)14-5-2/h6-7,9,12H,4-5H2,1-3H3. The quantitative estimate of drug-likeness (QED) is 0.700. The van der Waals surface area contributed by atoms with Crippen LogP contribution in [0.25, 0.3) is 0 Å². The van der Waals surface area contributed by atoms with Gasteiger partial charge in [-0.15, -0.1) is 0 Å². The summed E-state index contributed by atoms with van der Waals surface area (Å²) >= 11 is 0. The molecule has 0 fully saturated rings. The normalized spacial score (nSPS) is 20.6. The number of hydrogen-bond acceptors (Lipinski definition) is 3. The molecule has 0 aromatic carbocycles. The number of rotatable bonds is 3. The molecular formula is C11H17NO2. The molecule has 0 amide bonds. The average molecular weight is 195 g/mol. The second kappa shape index (κ2) is 4.84. The lowest BCUT2D eigenvalue weighted by molar-refractivity contribution is -0.139. The molecule has 0 aliphatic carbocycles. The summed E-state index contributed by atoms with van der Waals surface area (Å²) in [6.45, 7) is 6.21. The summed E-state index contributed by atoms with van der Waals surface area (Å²) in [5.41, 5.74) is 1.66. The number of esters is 1. The van der Waals surface area contributed by atoms with E-state index in [0.29, 0.717) is 6.61 Å². The minimum absolute atomic E-state index is 0.190. The molecule has 78 valence electrons. The monoisotopic (exact) mass is 195 g/mol. The van der Waals surface area contributed by atoms with Gasteiger partial charge in [0, 0.05) is 11.6 Å². The Morgan fingerprint density at radius 1 is 1.57 bits per heavy atom. The Hall–Kier alpha value is -1.25. The van der Waals surface area contributed by atoms with Crippen LogP contribution in [0.4, 0.5) is 0 Å². The van der Waals surface area contributed by atoms with Crippen LogP contribution in [0.2, 0.25) is 0 Å². The van der Waals surface area contributed by atoms with E-state index in [-0.39, 0.29) is 11.9 Å². The fourth-order valence-corrected chi connectivity index (χ4v) is 1.59. The fraction of sp³-hybridized carbons (Fsp3) is 0.545. The maximum atomic E-state index is 11.6. The van der Waals surface area contributed by atoms with Crippen molar-refractivity contribution in [3.63, 3.8) is 0 Å². The Kier molecular flexibility index (Phi) is 3.74. The van der Waals surface area contributed by atoms with Gasteiger partial charge < -0.3 is 10.1 Å². The lowest BCUT2D eigenvalue weighted by Gasteiger charge is -2.21. The highest BCUT2D eigenvalue weighted by molar-refractivity contribution is 5.90. The zero-order chi connectivity index (χ0) is 10.6. The third-order valence-electron chi connectivity index (χ3n) is 2.34. The zero-order valence-corrected chi connectivity index (χ0v) is 8.96. The van der Waals surface area contributed by atoms with Crippen molar-refractivity contribution < 1.29 is 9.53 Å². The first-order chi connectivity index (χ1) is 6.70. The van der Waals surface area contributed by atoms with Crippen molar-refractivity contribution in [1.29, 1.82) is 0 Å². The SMILES string of the molecule is CCOC(=O)C1=C(C)NC=CC1CC. The van der Waals surface area contributed by atoms with Crippen molar-refractivity contribution in [2.24, 2.45) is 5.92 Å². The summed E-state index contributed by atoms with van der Waals surface area (Å²) < 4.78 is 5.01. The van der Waals surface area contributed by atoms with E-state index in [4.69, 9.17) is 4.74 Å². The molecule has 1 rings (SSSR count). The molecule has 1 heterocycles. The van der Waals surface area contributed by atoms with E-state index in [1.165, 1.54) is 0 Å². The molecule has 0 saturated carbocycles. The largest absolute Gasteiger partial charge is 0.463 e. The van der Waals surface area contributed by atoms with Gasteiger partial charge in [0.05, 0.1) is 12.2 Å². The molecule has 3 heteroatoms. The second-order valence-corrected chi connectivity index (χ2v) is 3.28. The molecule has 1 unspecified atom stereocenters. The molecule has 1 atom stereocenters. The number of nitrogens with one attached hydrogen (secondary N) is 1. The summed E-state index contributed by atoms with van der Waals surface area (Å²) in [5, 5.41) is 3.03. The molecule has 0 aromatic heterocycles. The first-order valence-corrected chi connectivity index (χ1v) is 5.01. The summed E-state index contributed by atoms with van der Waals surface area (Å²) in [6, 6.07) is 0. The Labute approximate surface area is 84.8 Å². The van der Waals surface area contributed by atoms with E-state index < -0.39 is 0 Å². The number of hydrogen-bond donors (Lipinski definition) is 1. The number of carbonyl (C=O) groups is 1. The smallest absolute Gasteiger partial charge is 0.336 e. The molecule has 1 N–H and O–H groups in total. The van der Waals surface area contributed by atoms with Gasteiger partial charge in [0.15, 0.2) is 0 Å². The third kappa shape index (κ3) is 2.16. The van der Waals surface area contributed by atoms with Gasteiger partial charge >= 0.3 is 5.97 Å². The van der Waals surface area contributed by atoms with Gasteiger partial charge in [-0.1, -0.05) is 13.0 Å². The highest BCUT2D eigenvalue weighted by atomic mass is 16.5. The zero-order valence-electron chi connectivity index (χ0n) is 8.96. The van der Waals surface area contributed by atoms with E-state index in [0.717, 1.165) is 17.7 Å². The van der Waals surface area contributed by atoms with Crippen LogP contribution in [-0.4, -0.2) is 12.6 Å². The van der Waals surface area contributed by atoms with Crippen LogP contribution in [0, 0.1) is 5.92 Å². The topological polar surface area (TPSA) is 38.3 Å². The molecule has 0 aromatic rings. The summed E-state index contributed by atoms with van der Waals surface area (Å²) in [7, 11) is 0. The minimum atomic E-state index is -0.200. The molecule has 1 aliphatic rings. The Bertz CT molecular complexity index is 279. The van der Waals surface area contributed by atoms with E-state index in [2.05, 4.69) is 12.2 Å². The van der Waals surface area contributed by atoms with Crippen molar-refractivity contribution in [3.8, 4) is 0 Å². The van der Waals surface area contributed by atoms with Gasteiger partial charge in [-0.05, 0) is 26.5 Å². The third-order valence-corrected chi connectivity index (χ3v) is 2.34. The van der Waals surface area contributed by atoms with E-state index in [1.54, 1.807) is 0 Å². The molecule has 0 bridgehead atoms. The molecule has 0 saturated heterocycles. The summed E-state index contributed by atoms with van der Waals surface area (Å²) in [4.78, 5) is 11.6. The van der Waals surface area contributed by atoms with Gasteiger partial charge in [-0.2, -0.15) is 0 Å². The first-order valence-electron chi connectivity index (χ1n) is 5.01. The van der Waals surface area contributed by atoms with Crippen molar-refractivity contribution in [3.05, 3.63) is 23.5 Å². The maximum absolute atomic E-state index is 11.6. The highest BCUT2D eigenvalue weighted by Crippen LogP contribution is 2.23. The Balaban J connectivity index is 2.85. The van der Waals surface area contributed by atoms with Crippen LogP contribution in [-0.2, 0) is 9.53 Å². The molecule has 3 nitrogen and oxygen atoms in total. The number of dihydropyridines is 1. The van der Waals surface area contributed by atoms with Crippen LogP contribution in [0.5, 0.6) is 0 Å². The summed E-state index contributed by atoms with van der Waals surface area (Å²) in [6.07, 6.45) is 4.80. The number of ether oxygens (including phenoxy) is 1. The molecular weight excluding hydrogens is 178 g/mol. The van der Waals surface area contributed by atoms with Crippen molar-refractivity contribution in [2.75, 3.05) is 6.61 Å². The Morgan fingerprint density at radius 2 is 2.29 bits per heavy atom. The van der Waals surface area contributed by atoms with Crippen LogP contribution in [0.15, 0.2) is 23.5 Å². The Morgan fingerprint density at radius 3 is 2.86 bits per heavy atom. The lowest BCUT2D eigenvalue weighted by Crippen LogP contribution is -2.23.